The first-order valence-corrected chi connectivity index (χ1v) is 2.86. The molecule has 0 amide bonds. The molecule has 9 heavy (non-hydrogen) atoms. The van der Waals surface area contributed by atoms with Crippen molar-refractivity contribution in [2.45, 2.75) is 19.8 Å². The summed E-state index contributed by atoms with van der Waals surface area (Å²) in [7, 11) is 0. The van der Waals surface area contributed by atoms with E-state index in [2.05, 4.69) is 17.1 Å². The van der Waals surface area contributed by atoms with Gasteiger partial charge in [-0.1, -0.05) is 19.4 Å². The second kappa shape index (κ2) is 4.72. The van der Waals surface area contributed by atoms with Crippen LogP contribution in [-0.4, -0.2) is 5.10 Å². The van der Waals surface area contributed by atoms with Crippen molar-refractivity contribution < 1.29 is 20.4 Å². The maximum absolute atomic E-state index is 3.86. The molecule has 0 saturated carbocycles. The summed E-state index contributed by atoms with van der Waals surface area (Å²) in [4.78, 5) is 0. The molecule has 0 aliphatic rings. The summed E-state index contributed by atoms with van der Waals surface area (Å²) >= 11 is 0. The largest absolute Gasteiger partial charge is 0.581 e. The standard InChI is InChI=1S/C6H9N2.Re/c1-2-3-6-4-5-7-8-6;/h4-5H,2-3H2,1H3;/q-1;. The van der Waals surface area contributed by atoms with Gasteiger partial charge in [0, 0.05) is 26.1 Å². The van der Waals surface area contributed by atoms with E-state index in [-0.39, 0.29) is 20.4 Å². The van der Waals surface area contributed by atoms with Crippen molar-refractivity contribution in [2.75, 3.05) is 0 Å². The fourth-order valence-corrected chi connectivity index (χ4v) is 0.650. The van der Waals surface area contributed by atoms with Gasteiger partial charge in [0.15, 0.2) is 0 Å². The minimum atomic E-state index is 0. The summed E-state index contributed by atoms with van der Waals surface area (Å²) in [5.74, 6) is 0. The van der Waals surface area contributed by atoms with Crippen LogP contribution in [0.5, 0.6) is 0 Å². The van der Waals surface area contributed by atoms with Gasteiger partial charge in [0.05, 0.1) is 0 Å². The van der Waals surface area contributed by atoms with Gasteiger partial charge in [-0.15, -0.1) is 0 Å². The van der Waals surface area contributed by atoms with E-state index in [4.69, 9.17) is 0 Å². The number of hydrogen-bond donors (Lipinski definition) is 0. The molecular formula is C6H9N2Re-. The number of aryl methyl sites for hydroxylation is 1. The Labute approximate surface area is 68.7 Å². The molecule has 0 bridgehead atoms. The number of nitrogens with zero attached hydrogens (tertiary/aromatic N) is 2. The quantitative estimate of drug-likeness (QED) is 0.813. The molecule has 0 aliphatic heterocycles. The third-order valence-corrected chi connectivity index (χ3v) is 1.03. The second-order valence-corrected chi connectivity index (χ2v) is 1.77. The summed E-state index contributed by atoms with van der Waals surface area (Å²) in [6.45, 7) is 2.13. The molecule has 0 saturated heterocycles. The fourth-order valence-electron chi connectivity index (χ4n) is 0.650. The van der Waals surface area contributed by atoms with Gasteiger partial charge >= 0.3 is 0 Å². The molecule has 51 valence electrons. The molecular weight excluding hydrogens is 286 g/mol. The minimum Gasteiger partial charge on any atom is -0.581 e. The topological polar surface area (TPSA) is 27.0 Å². The smallest absolute Gasteiger partial charge is 0.0160 e. The molecule has 0 aliphatic carbocycles. The van der Waals surface area contributed by atoms with Gasteiger partial charge in [0.1, 0.15) is 0 Å². The molecule has 0 N–H and O–H groups in total. The molecule has 3 heteroatoms. The van der Waals surface area contributed by atoms with Crippen molar-refractivity contribution in [1.82, 2.24) is 10.2 Å². The monoisotopic (exact) mass is 296 g/mol. The van der Waals surface area contributed by atoms with Gasteiger partial charge in [-0.05, 0) is 6.42 Å². The Balaban J connectivity index is 0.000000640. The van der Waals surface area contributed by atoms with Gasteiger partial charge in [-0.3, -0.25) is 0 Å². The van der Waals surface area contributed by atoms with E-state index < -0.39 is 0 Å². The van der Waals surface area contributed by atoms with E-state index in [0.717, 1.165) is 18.5 Å². The Kier molecular flexibility index (Phi) is 4.66. The molecule has 0 atom stereocenters. The minimum absolute atomic E-state index is 0. The third-order valence-electron chi connectivity index (χ3n) is 1.03. The van der Waals surface area contributed by atoms with Gasteiger partial charge in [0.2, 0.25) is 0 Å². The maximum Gasteiger partial charge on any atom is 0.0160 e. The van der Waals surface area contributed by atoms with Gasteiger partial charge in [0.25, 0.3) is 0 Å². The molecule has 1 radical (unpaired) electrons. The van der Waals surface area contributed by atoms with Crippen LogP contribution in [0.2, 0.25) is 0 Å². The number of hydrogen-bond acceptors (Lipinski definition) is 1. The van der Waals surface area contributed by atoms with Gasteiger partial charge in [-0.25, -0.2) is 0 Å². The van der Waals surface area contributed by atoms with Gasteiger partial charge < -0.3 is 10.2 Å². The van der Waals surface area contributed by atoms with E-state index in [1.54, 1.807) is 6.20 Å². The van der Waals surface area contributed by atoms with Crippen LogP contribution in [0.25, 0.3) is 0 Å². The first-order chi connectivity index (χ1) is 3.93. The van der Waals surface area contributed by atoms with Crippen LogP contribution in [0, 0.1) is 0 Å². The van der Waals surface area contributed by atoms with Crippen LogP contribution in [-0.2, 0) is 26.8 Å². The Morgan fingerprint density at radius 3 is 2.89 bits per heavy atom. The normalized spacial score (nSPS) is 8.56. The first kappa shape index (κ1) is 8.87. The maximum atomic E-state index is 3.86. The SMILES string of the molecule is CCCc1cc[n-]n1.[Re]. The third kappa shape index (κ3) is 2.79. The molecule has 1 aromatic heterocycles. The predicted octanol–water partition coefficient (Wildman–Crippen LogP) is 0.989. The average Bonchev–Trinajstić information content (AvgIpc) is 2.19. The predicted molar refractivity (Wildman–Crippen MR) is 31.6 cm³/mol. The molecule has 0 fully saturated rings. The van der Waals surface area contributed by atoms with Crippen LogP contribution in [0.3, 0.4) is 0 Å². The fraction of sp³-hybridized carbons (Fsp3) is 0.500. The van der Waals surface area contributed by atoms with Crippen molar-refractivity contribution >= 4 is 0 Å². The average molecular weight is 295 g/mol. The zero-order valence-corrected chi connectivity index (χ0v) is 8.06. The van der Waals surface area contributed by atoms with Crippen molar-refractivity contribution in [2.24, 2.45) is 0 Å². The van der Waals surface area contributed by atoms with Crippen LogP contribution < -0.4 is 5.10 Å². The van der Waals surface area contributed by atoms with E-state index in [1.807, 2.05) is 6.07 Å². The number of aromatic nitrogens is 2. The van der Waals surface area contributed by atoms with Crippen LogP contribution in [0.4, 0.5) is 0 Å². The Morgan fingerprint density at radius 1 is 1.67 bits per heavy atom. The Bertz CT molecular complexity index is 137. The summed E-state index contributed by atoms with van der Waals surface area (Å²) in [6.07, 6.45) is 3.93. The Morgan fingerprint density at radius 2 is 2.44 bits per heavy atom. The second-order valence-electron chi connectivity index (χ2n) is 1.77. The van der Waals surface area contributed by atoms with E-state index in [0.29, 0.717) is 0 Å². The van der Waals surface area contributed by atoms with Crippen LogP contribution in [0.15, 0.2) is 12.3 Å². The van der Waals surface area contributed by atoms with Crippen molar-refractivity contribution in [1.29, 1.82) is 0 Å². The zero-order valence-electron chi connectivity index (χ0n) is 5.34. The summed E-state index contributed by atoms with van der Waals surface area (Å²) in [5, 5.41) is 7.55. The summed E-state index contributed by atoms with van der Waals surface area (Å²) < 4.78 is 0. The summed E-state index contributed by atoms with van der Waals surface area (Å²) in [6, 6.07) is 1.95. The zero-order chi connectivity index (χ0) is 5.82. The molecule has 2 nitrogen and oxygen atoms in total. The molecule has 0 spiro atoms. The molecule has 1 heterocycles. The van der Waals surface area contributed by atoms with Crippen molar-refractivity contribution in [3.8, 4) is 0 Å². The van der Waals surface area contributed by atoms with Gasteiger partial charge in [-0.2, -0.15) is 6.20 Å². The first-order valence-electron chi connectivity index (χ1n) is 2.86. The molecule has 0 unspecified atom stereocenters. The van der Waals surface area contributed by atoms with Crippen LogP contribution in [0.1, 0.15) is 19.0 Å². The van der Waals surface area contributed by atoms with E-state index >= 15 is 0 Å². The van der Waals surface area contributed by atoms with Crippen LogP contribution >= 0.6 is 0 Å². The number of rotatable bonds is 2. The summed E-state index contributed by atoms with van der Waals surface area (Å²) in [5.41, 5.74) is 1.10. The van der Waals surface area contributed by atoms with Crippen molar-refractivity contribution in [3.05, 3.63) is 18.0 Å². The van der Waals surface area contributed by atoms with E-state index in [9.17, 15) is 0 Å². The Hall–Kier alpha value is -0.128. The van der Waals surface area contributed by atoms with E-state index in [1.165, 1.54) is 0 Å². The van der Waals surface area contributed by atoms with Crippen molar-refractivity contribution in [3.63, 3.8) is 0 Å². The molecule has 1 rings (SSSR count). The molecule has 0 aromatic carbocycles. The molecule has 1 aromatic rings.